The van der Waals surface area contributed by atoms with E-state index in [2.05, 4.69) is 240 Å². The van der Waals surface area contributed by atoms with Crippen molar-refractivity contribution in [3.63, 3.8) is 0 Å². The predicted molar refractivity (Wildman–Crippen MR) is 245 cm³/mol. The van der Waals surface area contributed by atoms with E-state index in [0.717, 1.165) is 45.3 Å². The third-order valence-corrected chi connectivity index (χ3v) is 11.8. The molecule has 0 saturated carbocycles. The highest BCUT2D eigenvalue weighted by atomic mass is 32.1. The summed E-state index contributed by atoms with van der Waals surface area (Å²) in [5.74, 6) is 0. The van der Waals surface area contributed by atoms with E-state index in [4.69, 9.17) is 0 Å². The van der Waals surface area contributed by atoms with Gasteiger partial charge in [-0.15, -0.1) is 11.3 Å². The van der Waals surface area contributed by atoms with E-state index in [9.17, 15) is 0 Å². The van der Waals surface area contributed by atoms with Crippen LogP contribution < -0.4 is 9.80 Å². The van der Waals surface area contributed by atoms with Crippen molar-refractivity contribution in [2.75, 3.05) is 9.80 Å². The summed E-state index contributed by atoms with van der Waals surface area (Å²) in [6, 6.07) is 83.1. The number of rotatable bonds is 9. The molecule has 2 nitrogen and oxygen atoms in total. The highest BCUT2D eigenvalue weighted by Crippen LogP contribution is 2.45. The van der Waals surface area contributed by atoms with Crippen LogP contribution in [0.5, 0.6) is 0 Å². The molecule has 9 aromatic carbocycles. The van der Waals surface area contributed by atoms with Crippen molar-refractivity contribution in [1.29, 1.82) is 0 Å². The third kappa shape index (κ3) is 6.86. The molecule has 0 aliphatic heterocycles. The molecule has 0 unspecified atom stereocenters. The van der Waals surface area contributed by atoms with Gasteiger partial charge in [-0.25, -0.2) is 0 Å². The summed E-state index contributed by atoms with van der Waals surface area (Å²) in [4.78, 5) is 4.78. The van der Waals surface area contributed by atoms with Gasteiger partial charge in [0.05, 0.1) is 0 Å². The van der Waals surface area contributed by atoms with Crippen molar-refractivity contribution in [3.05, 3.63) is 231 Å². The van der Waals surface area contributed by atoms with E-state index in [1.54, 1.807) is 0 Å². The Hall–Kier alpha value is -7.20. The number of para-hydroxylation sites is 1. The van der Waals surface area contributed by atoms with Crippen molar-refractivity contribution in [1.82, 2.24) is 0 Å². The van der Waals surface area contributed by atoms with E-state index in [0.29, 0.717) is 0 Å². The van der Waals surface area contributed by atoms with E-state index in [1.807, 2.05) is 11.3 Å². The topological polar surface area (TPSA) is 6.48 Å². The van der Waals surface area contributed by atoms with Gasteiger partial charge in [-0.05, 0) is 106 Å². The lowest BCUT2D eigenvalue weighted by atomic mass is 10.0. The fraction of sp³-hybridized carbons (Fsp3) is 0. The first-order valence-corrected chi connectivity index (χ1v) is 20.1. The highest BCUT2D eigenvalue weighted by molar-refractivity contribution is 7.25. The van der Waals surface area contributed by atoms with Gasteiger partial charge in [0.15, 0.2) is 0 Å². The largest absolute Gasteiger partial charge is 0.310 e. The molecule has 10 aromatic rings. The van der Waals surface area contributed by atoms with Gasteiger partial charge in [0.2, 0.25) is 0 Å². The number of hydrogen-bond donors (Lipinski definition) is 0. The van der Waals surface area contributed by atoms with Crippen molar-refractivity contribution in [2.24, 2.45) is 0 Å². The lowest BCUT2D eigenvalue weighted by Crippen LogP contribution is -2.13. The van der Waals surface area contributed by atoms with Crippen LogP contribution >= 0.6 is 11.3 Å². The van der Waals surface area contributed by atoms with Gasteiger partial charge in [-0.1, -0.05) is 158 Å². The van der Waals surface area contributed by atoms with Crippen LogP contribution in [0, 0.1) is 0 Å². The van der Waals surface area contributed by atoms with E-state index in [1.165, 1.54) is 42.4 Å². The highest BCUT2D eigenvalue weighted by Gasteiger charge is 2.20. The van der Waals surface area contributed by atoms with Crippen LogP contribution in [0.3, 0.4) is 0 Å². The molecule has 0 atom stereocenters. The van der Waals surface area contributed by atoms with Crippen molar-refractivity contribution < 1.29 is 0 Å². The summed E-state index contributed by atoms with van der Waals surface area (Å²) >= 11 is 1.85. The Morgan fingerprint density at radius 3 is 1.16 bits per heavy atom. The minimum atomic E-state index is 1.06. The standard InChI is InChI=1S/C54H38N2S/c1-5-15-39(16-6-1)42-25-29-46(30-26-42)55(47-31-27-43(28-32-47)40-17-7-2-8-18-40)49-35-44(41-19-9-3-10-20-41)36-50(37-49)56(45-21-11-4-12-22-45)48-33-34-52-51-23-13-14-24-53(51)57-54(52)38-48/h1-38H. The molecular weight excluding hydrogens is 709 g/mol. The van der Waals surface area contributed by atoms with Crippen molar-refractivity contribution in [3.8, 4) is 33.4 Å². The molecule has 1 heterocycles. The van der Waals surface area contributed by atoms with Crippen LogP contribution in [0.2, 0.25) is 0 Å². The zero-order chi connectivity index (χ0) is 38.0. The van der Waals surface area contributed by atoms with Crippen LogP contribution in [-0.2, 0) is 0 Å². The fourth-order valence-corrected chi connectivity index (χ4v) is 8.98. The number of anilines is 6. The number of benzene rings is 9. The first-order chi connectivity index (χ1) is 28.2. The molecule has 0 bridgehead atoms. The minimum Gasteiger partial charge on any atom is -0.310 e. The Balaban J connectivity index is 1.18. The average Bonchev–Trinajstić information content (AvgIpc) is 3.66. The number of thiophene rings is 1. The van der Waals surface area contributed by atoms with E-state index < -0.39 is 0 Å². The molecule has 270 valence electrons. The first-order valence-electron chi connectivity index (χ1n) is 19.3. The molecular formula is C54H38N2S. The second-order valence-electron chi connectivity index (χ2n) is 14.2. The molecule has 0 saturated heterocycles. The van der Waals surface area contributed by atoms with Crippen LogP contribution in [0.4, 0.5) is 34.1 Å². The summed E-state index contributed by atoms with van der Waals surface area (Å²) in [5, 5.41) is 2.59. The SMILES string of the molecule is c1ccc(-c2ccc(N(c3ccc(-c4ccccc4)cc3)c3cc(-c4ccccc4)cc(N(c4ccccc4)c4ccc5c(c4)sc4ccccc45)c3)cc2)cc1. The van der Waals surface area contributed by atoms with Gasteiger partial charge in [0.25, 0.3) is 0 Å². The van der Waals surface area contributed by atoms with Gasteiger partial charge in [-0.3, -0.25) is 0 Å². The smallest absolute Gasteiger partial charge is 0.0488 e. The van der Waals surface area contributed by atoms with Gasteiger partial charge in [0.1, 0.15) is 0 Å². The van der Waals surface area contributed by atoms with Crippen LogP contribution in [0.25, 0.3) is 53.6 Å². The molecule has 1 aromatic heterocycles. The molecule has 0 amide bonds. The summed E-state index contributed by atoms with van der Waals surface area (Å²) < 4.78 is 2.57. The quantitative estimate of drug-likeness (QED) is 0.145. The van der Waals surface area contributed by atoms with Gasteiger partial charge in [-0.2, -0.15) is 0 Å². The lowest BCUT2D eigenvalue weighted by molar-refractivity contribution is 1.25. The second kappa shape index (κ2) is 15.1. The average molecular weight is 747 g/mol. The van der Waals surface area contributed by atoms with E-state index >= 15 is 0 Å². The Bertz CT molecular complexity index is 2840. The summed E-state index contributed by atoms with van der Waals surface area (Å²) in [6.45, 7) is 0. The normalized spacial score (nSPS) is 11.2. The molecule has 3 heteroatoms. The molecule has 57 heavy (non-hydrogen) atoms. The van der Waals surface area contributed by atoms with Crippen LogP contribution in [-0.4, -0.2) is 0 Å². The van der Waals surface area contributed by atoms with Gasteiger partial charge >= 0.3 is 0 Å². The molecule has 0 aliphatic rings. The molecule has 0 fully saturated rings. The maximum absolute atomic E-state index is 2.40. The summed E-state index contributed by atoms with van der Waals surface area (Å²) in [6.07, 6.45) is 0. The number of nitrogens with zero attached hydrogens (tertiary/aromatic N) is 2. The zero-order valence-electron chi connectivity index (χ0n) is 31.2. The Labute approximate surface area is 337 Å². The second-order valence-corrected chi connectivity index (χ2v) is 15.3. The van der Waals surface area contributed by atoms with Crippen molar-refractivity contribution in [2.45, 2.75) is 0 Å². The van der Waals surface area contributed by atoms with Gasteiger partial charge < -0.3 is 9.80 Å². The molecule has 10 rings (SSSR count). The van der Waals surface area contributed by atoms with Crippen molar-refractivity contribution >= 4 is 65.6 Å². The maximum Gasteiger partial charge on any atom is 0.0488 e. The monoisotopic (exact) mass is 746 g/mol. The minimum absolute atomic E-state index is 1.06. The summed E-state index contributed by atoms with van der Waals surface area (Å²) in [5.41, 5.74) is 13.6. The Morgan fingerprint density at radius 2 is 0.614 bits per heavy atom. The van der Waals surface area contributed by atoms with Crippen LogP contribution in [0.15, 0.2) is 231 Å². The van der Waals surface area contributed by atoms with Gasteiger partial charge in [0, 0.05) is 54.3 Å². The Kier molecular flexibility index (Phi) is 9.11. The summed E-state index contributed by atoms with van der Waals surface area (Å²) in [7, 11) is 0. The maximum atomic E-state index is 2.40. The lowest BCUT2D eigenvalue weighted by Gasteiger charge is -2.30. The molecule has 0 aliphatic carbocycles. The predicted octanol–water partition coefficient (Wildman–Crippen LogP) is 16.0. The van der Waals surface area contributed by atoms with Crippen LogP contribution in [0.1, 0.15) is 0 Å². The zero-order valence-corrected chi connectivity index (χ0v) is 32.1. The fourth-order valence-electron chi connectivity index (χ4n) is 7.84. The first kappa shape index (κ1) is 34.3. The number of fused-ring (bicyclic) bond motifs is 3. The Morgan fingerprint density at radius 1 is 0.228 bits per heavy atom. The molecule has 0 radical (unpaired) electrons. The number of hydrogen-bond acceptors (Lipinski definition) is 3. The molecule has 0 spiro atoms. The van der Waals surface area contributed by atoms with E-state index in [-0.39, 0.29) is 0 Å². The third-order valence-electron chi connectivity index (χ3n) is 10.6. The molecule has 0 N–H and O–H groups in total.